The molecule has 19 heavy (non-hydrogen) atoms. The number of rotatable bonds is 6. The Balaban J connectivity index is 2.35. The first-order valence-electron chi connectivity index (χ1n) is 6.52. The second kappa shape index (κ2) is 5.51. The molecule has 1 aliphatic carbocycles. The molecule has 2 rings (SSSR count). The molecule has 1 aliphatic rings. The van der Waals surface area contributed by atoms with Crippen LogP contribution in [0.5, 0.6) is 11.5 Å². The van der Waals surface area contributed by atoms with Crippen molar-refractivity contribution in [1.82, 2.24) is 0 Å². The van der Waals surface area contributed by atoms with Gasteiger partial charge in [-0.25, -0.2) is 0 Å². The minimum absolute atomic E-state index is 0.453. The number of aryl methyl sites for hydroxylation is 1. The lowest BCUT2D eigenvalue weighted by atomic mass is 9.92. The van der Waals surface area contributed by atoms with Crippen LogP contribution >= 0.6 is 0 Å². The Kier molecular flexibility index (Phi) is 3.98. The van der Waals surface area contributed by atoms with Gasteiger partial charge in [-0.2, -0.15) is 0 Å². The Labute approximate surface area is 113 Å². The predicted octanol–water partition coefficient (Wildman–Crippen LogP) is 2.98. The van der Waals surface area contributed by atoms with E-state index in [1.54, 1.807) is 20.3 Å². The van der Waals surface area contributed by atoms with E-state index in [-0.39, 0.29) is 0 Å². The highest BCUT2D eigenvalue weighted by Gasteiger charge is 2.31. The molecule has 0 spiro atoms. The zero-order valence-electron chi connectivity index (χ0n) is 11.6. The Morgan fingerprint density at radius 3 is 2.53 bits per heavy atom. The normalized spacial score (nSPS) is 15.9. The van der Waals surface area contributed by atoms with Gasteiger partial charge in [0.2, 0.25) is 0 Å². The number of hydrogen-bond donors (Lipinski definition) is 1. The van der Waals surface area contributed by atoms with Crippen molar-refractivity contribution in [1.29, 1.82) is 0 Å². The highest BCUT2D eigenvalue weighted by atomic mass is 16.5. The van der Waals surface area contributed by atoms with E-state index in [1.165, 1.54) is 0 Å². The third-order valence-electron chi connectivity index (χ3n) is 3.65. The third-order valence-corrected chi connectivity index (χ3v) is 3.65. The van der Waals surface area contributed by atoms with E-state index < -0.39 is 11.9 Å². The molecule has 0 unspecified atom stereocenters. The molecule has 104 valence electrons. The van der Waals surface area contributed by atoms with Crippen molar-refractivity contribution in [3.8, 4) is 11.5 Å². The monoisotopic (exact) mass is 264 g/mol. The van der Waals surface area contributed by atoms with Gasteiger partial charge in [-0.05, 0) is 36.5 Å². The van der Waals surface area contributed by atoms with Crippen molar-refractivity contribution in [2.75, 3.05) is 14.2 Å². The standard InChI is InChI=1S/C15H20O4/c1-9-6-11(8-13(18-2)14(9)19-3)12(15(16)17)7-10-4-5-10/h6,8,10,12H,4-5,7H2,1-3H3,(H,16,17)/t12-/m0/s1. The molecule has 4 heteroatoms. The number of carboxylic acid groups (broad SMARTS) is 1. The molecule has 1 saturated carbocycles. The van der Waals surface area contributed by atoms with Crippen LogP contribution in [-0.2, 0) is 4.79 Å². The molecule has 0 bridgehead atoms. The van der Waals surface area contributed by atoms with Crippen LogP contribution in [0.3, 0.4) is 0 Å². The van der Waals surface area contributed by atoms with Crippen LogP contribution in [0, 0.1) is 12.8 Å². The second-order valence-corrected chi connectivity index (χ2v) is 5.14. The molecule has 1 N–H and O–H groups in total. The minimum atomic E-state index is -0.765. The lowest BCUT2D eigenvalue weighted by Crippen LogP contribution is -2.13. The first-order chi connectivity index (χ1) is 9.06. The topological polar surface area (TPSA) is 55.8 Å². The van der Waals surface area contributed by atoms with Gasteiger partial charge in [0, 0.05) is 0 Å². The molecule has 0 heterocycles. The van der Waals surface area contributed by atoms with Crippen LogP contribution < -0.4 is 9.47 Å². The molecule has 1 aromatic carbocycles. The van der Waals surface area contributed by atoms with Crippen LogP contribution in [-0.4, -0.2) is 25.3 Å². The molecule has 1 aromatic rings. The van der Waals surface area contributed by atoms with E-state index in [2.05, 4.69) is 0 Å². The molecular formula is C15H20O4. The van der Waals surface area contributed by atoms with Crippen LogP contribution in [0.2, 0.25) is 0 Å². The largest absolute Gasteiger partial charge is 0.493 e. The van der Waals surface area contributed by atoms with E-state index in [9.17, 15) is 9.90 Å². The van der Waals surface area contributed by atoms with Gasteiger partial charge in [-0.3, -0.25) is 4.79 Å². The summed E-state index contributed by atoms with van der Waals surface area (Å²) in [5.41, 5.74) is 1.70. The number of methoxy groups -OCH3 is 2. The lowest BCUT2D eigenvalue weighted by molar-refractivity contribution is -0.139. The molecule has 0 aliphatic heterocycles. The van der Waals surface area contributed by atoms with Crippen LogP contribution in [0.4, 0.5) is 0 Å². The zero-order valence-corrected chi connectivity index (χ0v) is 11.6. The van der Waals surface area contributed by atoms with Crippen LogP contribution in [0.15, 0.2) is 12.1 Å². The number of carboxylic acids is 1. The molecule has 1 atom stereocenters. The van der Waals surface area contributed by atoms with Crippen molar-refractivity contribution < 1.29 is 19.4 Å². The van der Waals surface area contributed by atoms with Gasteiger partial charge < -0.3 is 14.6 Å². The highest BCUT2D eigenvalue weighted by Crippen LogP contribution is 2.41. The summed E-state index contributed by atoms with van der Waals surface area (Å²) in [5.74, 6) is 0.611. The highest BCUT2D eigenvalue weighted by molar-refractivity contribution is 5.76. The van der Waals surface area contributed by atoms with E-state index in [4.69, 9.17) is 9.47 Å². The van der Waals surface area contributed by atoms with Crippen LogP contribution in [0.25, 0.3) is 0 Å². The van der Waals surface area contributed by atoms with Gasteiger partial charge in [-0.1, -0.05) is 18.9 Å². The number of hydrogen-bond acceptors (Lipinski definition) is 3. The van der Waals surface area contributed by atoms with Crippen molar-refractivity contribution >= 4 is 5.97 Å². The number of aliphatic carboxylic acids is 1. The SMILES string of the molecule is COc1cc([C@H](CC2CC2)C(=O)O)cc(C)c1OC. The summed E-state index contributed by atoms with van der Waals surface area (Å²) >= 11 is 0. The van der Waals surface area contributed by atoms with Crippen molar-refractivity contribution in [3.05, 3.63) is 23.3 Å². The van der Waals surface area contributed by atoms with Gasteiger partial charge in [0.15, 0.2) is 11.5 Å². The van der Waals surface area contributed by atoms with Gasteiger partial charge >= 0.3 is 5.97 Å². The molecule has 0 amide bonds. The van der Waals surface area contributed by atoms with E-state index >= 15 is 0 Å². The molecular weight excluding hydrogens is 244 g/mol. The van der Waals surface area contributed by atoms with Crippen molar-refractivity contribution in [2.24, 2.45) is 5.92 Å². The zero-order chi connectivity index (χ0) is 14.0. The summed E-state index contributed by atoms with van der Waals surface area (Å²) in [6.45, 7) is 1.90. The first kappa shape index (κ1) is 13.7. The van der Waals surface area contributed by atoms with E-state index in [1.807, 2.05) is 13.0 Å². The molecule has 0 aromatic heterocycles. The average Bonchev–Trinajstić information content (AvgIpc) is 3.18. The van der Waals surface area contributed by atoms with Gasteiger partial charge in [0.05, 0.1) is 20.1 Å². The summed E-state index contributed by atoms with van der Waals surface area (Å²) in [6.07, 6.45) is 3.01. The van der Waals surface area contributed by atoms with Crippen molar-refractivity contribution in [3.63, 3.8) is 0 Å². The van der Waals surface area contributed by atoms with Crippen LogP contribution in [0.1, 0.15) is 36.3 Å². The van der Waals surface area contributed by atoms with E-state index in [0.717, 1.165) is 24.0 Å². The summed E-state index contributed by atoms with van der Waals surface area (Å²) in [7, 11) is 3.15. The maximum absolute atomic E-state index is 11.5. The Morgan fingerprint density at radius 1 is 1.37 bits per heavy atom. The second-order valence-electron chi connectivity index (χ2n) is 5.14. The fourth-order valence-corrected chi connectivity index (χ4v) is 2.45. The molecule has 0 radical (unpaired) electrons. The summed E-state index contributed by atoms with van der Waals surface area (Å²) < 4.78 is 10.6. The Morgan fingerprint density at radius 2 is 2.05 bits per heavy atom. The summed E-state index contributed by atoms with van der Waals surface area (Å²) in [5, 5.41) is 9.41. The van der Waals surface area contributed by atoms with Crippen molar-refractivity contribution in [2.45, 2.75) is 32.1 Å². The van der Waals surface area contributed by atoms with E-state index in [0.29, 0.717) is 23.8 Å². The molecule has 4 nitrogen and oxygen atoms in total. The lowest BCUT2D eigenvalue weighted by Gasteiger charge is -2.17. The maximum atomic E-state index is 11.5. The number of ether oxygens (including phenoxy) is 2. The maximum Gasteiger partial charge on any atom is 0.310 e. The Hall–Kier alpha value is -1.71. The third kappa shape index (κ3) is 3.00. The fraction of sp³-hybridized carbons (Fsp3) is 0.533. The summed E-state index contributed by atoms with van der Waals surface area (Å²) in [4.78, 5) is 11.5. The average molecular weight is 264 g/mol. The number of carbonyl (C=O) groups is 1. The molecule has 1 fully saturated rings. The number of benzene rings is 1. The predicted molar refractivity (Wildman–Crippen MR) is 72.0 cm³/mol. The summed E-state index contributed by atoms with van der Waals surface area (Å²) in [6, 6.07) is 3.68. The van der Waals surface area contributed by atoms with Gasteiger partial charge in [0.25, 0.3) is 0 Å². The fourth-order valence-electron chi connectivity index (χ4n) is 2.45. The smallest absolute Gasteiger partial charge is 0.310 e. The minimum Gasteiger partial charge on any atom is -0.493 e. The quantitative estimate of drug-likeness (QED) is 0.858. The first-order valence-corrected chi connectivity index (χ1v) is 6.52. The Bertz CT molecular complexity index is 477. The van der Waals surface area contributed by atoms with Gasteiger partial charge in [-0.15, -0.1) is 0 Å². The van der Waals surface area contributed by atoms with Gasteiger partial charge in [0.1, 0.15) is 0 Å². The molecule has 0 saturated heterocycles.